The van der Waals surface area contributed by atoms with E-state index in [0.29, 0.717) is 12.5 Å². The van der Waals surface area contributed by atoms with Gasteiger partial charge in [0.15, 0.2) is 0 Å². The maximum atomic E-state index is 11.0. The van der Waals surface area contributed by atoms with Crippen LogP contribution >= 0.6 is 15.9 Å². The van der Waals surface area contributed by atoms with E-state index in [-0.39, 0.29) is 11.5 Å². The lowest BCUT2D eigenvalue weighted by molar-refractivity contribution is 0.0111. The molecule has 1 aliphatic carbocycles. The second-order valence-corrected chi connectivity index (χ2v) is 7.55. The number of hydrogen-bond donors (Lipinski definition) is 1. The lowest BCUT2D eigenvalue weighted by Crippen LogP contribution is -2.27. The summed E-state index contributed by atoms with van der Waals surface area (Å²) in [6, 6.07) is 6.00. The van der Waals surface area contributed by atoms with Gasteiger partial charge in [-0.25, -0.2) is 0 Å². The summed E-state index contributed by atoms with van der Waals surface area (Å²) >= 11 is 3.56. The van der Waals surface area contributed by atoms with Crippen LogP contribution in [0, 0.1) is 11.3 Å². The third-order valence-corrected chi connectivity index (χ3v) is 5.19. The Morgan fingerprint density at radius 1 is 1.29 bits per heavy atom. The predicted molar refractivity (Wildman–Crippen MR) is 90.6 cm³/mol. The van der Waals surface area contributed by atoms with Crippen LogP contribution < -0.4 is 4.74 Å². The maximum Gasteiger partial charge on any atom is 0.133 e. The second-order valence-electron chi connectivity index (χ2n) is 6.69. The Morgan fingerprint density at radius 2 is 1.95 bits per heavy atom. The molecule has 1 fully saturated rings. The summed E-state index contributed by atoms with van der Waals surface area (Å²) in [4.78, 5) is 0. The molecule has 1 N–H and O–H groups in total. The monoisotopic (exact) mass is 354 g/mol. The van der Waals surface area contributed by atoms with Crippen molar-refractivity contribution in [2.75, 3.05) is 6.61 Å². The average molecular weight is 355 g/mol. The van der Waals surface area contributed by atoms with E-state index < -0.39 is 0 Å². The van der Waals surface area contributed by atoms with E-state index in [1.165, 1.54) is 12.8 Å². The zero-order valence-electron chi connectivity index (χ0n) is 13.4. The SMILES string of the molecule is CCOc1ccc(C(O)C2(CC(C)C)CCCC2)cc1Br. The molecule has 0 spiro atoms. The Kier molecular flexibility index (Phi) is 5.73. The van der Waals surface area contributed by atoms with Gasteiger partial charge in [0.05, 0.1) is 17.2 Å². The minimum absolute atomic E-state index is 0.0563. The molecule has 21 heavy (non-hydrogen) atoms. The van der Waals surface area contributed by atoms with Crippen molar-refractivity contribution in [3.8, 4) is 5.75 Å². The first kappa shape index (κ1) is 16.8. The average Bonchev–Trinajstić information content (AvgIpc) is 2.89. The zero-order chi connectivity index (χ0) is 15.5. The highest BCUT2D eigenvalue weighted by molar-refractivity contribution is 9.10. The molecular weight excluding hydrogens is 328 g/mol. The summed E-state index contributed by atoms with van der Waals surface area (Å²) in [5.41, 5.74) is 1.06. The highest BCUT2D eigenvalue weighted by Gasteiger charge is 2.41. The van der Waals surface area contributed by atoms with E-state index in [1.807, 2.05) is 25.1 Å². The summed E-state index contributed by atoms with van der Waals surface area (Å²) < 4.78 is 6.49. The van der Waals surface area contributed by atoms with Crippen molar-refractivity contribution >= 4 is 15.9 Å². The number of benzene rings is 1. The van der Waals surface area contributed by atoms with Crippen molar-refractivity contribution in [3.05, 3.63) is 28.2 Å². The molecule has 0 radical (unpaired) electrons. The molecule has 0 heterocycles. The number of rotatable bonds is 6. The van der Waals surface area contributed by atoms with E-state index >= 15 is 0 Å². The fourth-order valence-electron chi connectivity index (χ4n) is 3.79. The van der Waals surface area contributed by atoms with Gasteiger partial charge in [-0.3, -0.25) is 0 Å². The van der Waals surface area contributed by atoms with E-state index in [4.69, 9.17) is 4.74 Å². The lowest BCUT2D eigenvalue weighted by atomic mass is 9.72. The van der Waals surface area contributed by atoms with E-state index in [2.05, 4.69) is 29.8 Å². The van der Waals surface area contributed by atoms with Crippen molar-refractivity contribution < 1.29 is 9.84 Å². The van der Waals surface area contributed by atoms with Crippen LogP contribution in [0.5, 0.6) is 5.75 Å². The molecule has 3 heteroatoms. The van der Waals surface area contributed by atoms with Crippen LogP contribution in [0.25, 0.3) is 0 Å². The van der Waals surface area contributed by atoms with Gasteiger partial charge >= 0.3 is 0 Å². The van der Waals surface area contributed by atoms with Gasteiger partial charge in [-0.15, -0.1) is 0 Å². The molecule has 1 aromatic rings. The molecule has 2 nitrogen and oxygen atoms in total. The predicted octanol–water partition coefficient (Wildman–Crippen LogP) is 5.49. The highest BCUT2D eigenvalue weighted by Crippen LogP contribution is 2.52. The Morgan fingerprint density at radius 3 is 2.48 bits per heavy atom. The van der Waals surface area contributed by atoms with Gasteiger partial charge in [0, 0.05) is 5.41 Å². The number of halogens is 1. The molecular formula is C18H27BrO2. The first-order valence-electron chi connectivity index (χ1n) is 8.09. The van der Waals surface area contributed by atoms with Crippen LogP contribution in [0.3, 0.4) is 0 Å². The van der Waals surface area contributed by atoms with Crippen LogP contribution in [-0.2, 0) is 0 Å². The topological polar surface area (TPSA) is 29.5 Å². The molecule has 0 aromatic heterocycles. The summed E-state index contributed by atoms with van der Waals surface area (Å²) in [7, 11) is 0. The smallest absolute Gasteiger partial charge is 0.133 e. The Balaban J connectivity index is 2.24. The van der Waals surface area contributed by atoms with Gasteiger partial charge < -0.3 is 9.84 Å². The molecule has 1 saturated carbocycles. The minimum Gasteiger partial charge on any atom is -0.493 e. The van der Waals surface area contributed by atoms with E-state index in [0.717, 1.165) is 35.0 Å². The zero-order valence-corrected chi connectivity index (χ0v) is 14.9. The third-order valence-electron chi connectivity index (χ3n) is 4.57. The summed E-state index contributed by atoms with van der Waals surface area (Å²) in [6.07, 6.45) is 5.46. The minimum atomic E-state index is -0.380. The van der Waals surface area contributed by atoms with Gasteiger partial charge in [0.2, 0.25) is 0 Å². The van der Waals surface area contributed by atoms with Crippen LogP contribution in [0.4, 0.5) is 0 Å². The molecule has 1 aliphatic rings. The summed E-state index contributed by atoms with van der Waals surface area (Å²) in [6.45, 7) is 7.13. The number of ether oxygens (including phenoxy) is 1. The largest absolute Gasteiger partial charge is 0.493 e. The molecule has 0 aliphatic heterocycles. The third kappa shape index (κ3) is 3.81. The standard InChI is InChI=1S/C18H27BrO2/c1-4-21-16-8-7-14(11-15(16)19)17(20)18(12-13(2)3)9-5-6-10-18/h7-8,11,13,17,20H,4-6,9-10,12H2,1-3H3. The summed E-state index contributed by atoms with van der Waals surface area (Å²) in [5, 5.41) is 11.0. The molecule has 118 valence electrons. The molecule has 0 bridgehead atoms. The Labute approximate surface area is 137 Å². The van der Waals surface area contributed by atoms with E-state index in [1.54, 1.807) is 0 Å². The van der Waals surface area contributed by atoms with Crippen molar-refractivity contribution in [1.82, 2.24) is 0 Å². The Bertz CT molecular complexity index is 464. The lowest BCUT2D eigenvalue weighted by Gasteiger charge is -2.36. The maximum absolute atomic E-state index is 11.0. The highest BCUT2D eigenvalue weighted by atomic mass is 79.9. The normalized spacial score (nSPS) is 19.0. The van der Waals surface area contributed by atoms with Crippen LogP contribution in [0.2, 0.25) is 0 Å². The van der Waals surface area contributed by atoms with Gasteiger partial charge in [-0.2, -0.15) is 0 Å². The molecule has 1 atom stereocenters. The van der Waals surface area contributed by atoms with Gasteiger partial charge in [-0.1, -0.05) is 32.8 Å². The van der Waals surface area contributed by atoms with Crippen LogP contribution in [-0.4, -0.2) is 11.7 Å². The molecule has 1 unspecified atom stereocenters. The van der Waals surface area contributed by atoms with Crippen LogP contribution in [0.15, 0.2) is 22.7 Å². The number of hydrogen-bond acceptors (Lipinski definition) is 2. The Hall–Kier alpha value is -0.540. The molecule has 0 saturated heterocycles. The molecule has 0 amide bonds. The van der Waals surface area contributed by atoms with Gasteiger partial charge in [-0.05, 0) is 65.7 Å². The van der Waals surface area contributed by atoms with Crippen molar-refractivity contribution in [3.63, 3.8) is 0 Å². The first-order chi connectivity index (χ1) is 9.98. The number of aliphatic hydroxyl groups excluding tert-OH is 1. The van der Waals surface area contributed by atoms with Crippen molar-refractivity contribution in [2.45, 2.75) is 59.0 Å². The van der Waals surface area contributed by atoms with Crippen molar-refractivity contribution in [1.29, 1.82) is 0 Å². The van der Waals surface area contributed by atoms with E-state index in [9.17, 15) is 5.11 Å². The number of aliphatic hydroxyl groups is 1. The molecule has 2 rings (SSSR count). The fourth-order valence-corrected chi connectivity index (χ4v) is 4.31. The van der Waals surface area contributed by atoms with Gasteiger partial charge in [0.1, 0.15) is 5.75 Å². The molecule has 1 aromatic carbocycles. The van der Waals surface area contributed by atoms with Crippen LogP contribution in [0.1, 0.15) is 64.5 Å². The quantitative estimate of drug-likeness (QED) is 0.731. The fraction of sp³-hybridized carbons (Fsp3) is 0.667. The first-order valence-corrected chi connectivity index (χ1v) is 8.88. The second kappa shape index (κ2) is 7.15. The summed E-state index contributed by atoms with van der Waals surface area (Å²) in [5.74, 6) is 1.46. The van der Waals surface area contributed by atoms with Gasteiger partial charge in [0.25, 0.3) is 0 Å². The van der Waals surface area contributed by atoms with Crippen molar-refractivity contribution in [2.24, 2.45) is 11.3 Å².